The minimum absolute atomic E-state index is 0.0146. The fourth-order valence-electron chi connectivity index (χ4n) is 2.76. The highest BCUT2D eigenvalue weighted by atomic mass is 16.6. The summed E-state index contributed by atoms with van der Waals surface area (Å²) in [6.45, 7) is 8.24. The molecule has 16 heavy (non-hydrogen) atoms. The second-order valence-electron chi connectivity index (χ2n) is 4.85. The van der Waals surface area contributed by atoms with E-state index in [9.17, 15) is 0 Å². The Balaban J connectivity index is 2.45. The maximum absolute atomic E-state index is 6.07. The summed E-state index contributed by atoms with van der Waals surface area (Å²) in [5.41, 5.74) is 0.0146. The molecule has 0 aromatic carbocycles. The lowest BCUT2D eigenvalue weighted by Gasteiger charge is -2.43. The number of ether oxygens (including phenoxy) is 2. The number of hydrogen-bond acceptors (Lipinski definition) is 2. The van der Waals surface area contributed by atoms with Crippen LogP contribution < -0.4 is 0 Å². The number of hydrogen-bond donors (Lipinski definition) is 0. The van der Waals surface area contributed by atoms with Crippen LogP contribution in [0.4, 0.5) is 0 Å². The Morgan fingerprint density at radius 2 is 1.88 bits per heavy atom. The molecule has 0 aromatic rings. The van der Waals surface area contributed by atoms with Crippen molar-refractivity contribution < 1.29 is 9.47 Å². The summed E-state index contributed by atoms with van der Waals surface area (Å²) < 4.78 is 11.9. The van der Waals surface area contributed by atoms with Crippen molar-refractivity contribution in [3.63, 3.8) is 0 Å². The summed E-state index contributed by atoms with van der Waals surface area (Å²) in [4.78, 5) is 0. The quantitative estimate of drug-likeness (QED) is 0.615. The van der Waals surface area contributed by atoms with Gasteiger partial charge in [-0.25, -0.2) is 0 Å². The number of rotatable bonds is 7. The van der Waals surface area contributed by atoms with E-state index in [4.69, 9.17) is 9.47 Å². The van der Waals surface area contributed by atoms with Crippen molar-refractivity contribution in [3.8, 4) is 0 Å². The summed E-state index contributed by atoms with van der Waals surface area (Å²) >= 11 is 0. The Hall–Kier alpha value is -0.0800. The summed E-state index contributed by atoms with van der Waals surface area (Å²) in [5.74, 6) is 0. The average Bonchev–Trinajstić information content (AvgIpc) is 2.35. The molecule has 2 unspecified atom stereocenters. The zero-order valence-corrected chi connectivity index (χ0v) is 11.3. The van der Waals surface area contributed by atoms with Crippen LogP contribution in [0.3, 0.4) is 0 Å². The lowest BCUT2D eigenvalue weighted by atomic mass is 9.85. The molecular formula is C14H28O2. The molecule has 2 atom stereocenters. The van der Waals surface area contributed by atoms with Crippen molar-refractivity contribution in [1.82, 2.24) is 0 Å². The van der Waals surface area contributed by atoms with E-state index in [1.54, 1.807) is 0 Å². The topological polar surface area (TPSA) is 18.5 Å². The highest BCUT2D eigenvalue weighted by Crippen LogP contribution is 2.33. The van der Waals surface area contributed by atoms with Crippen LogP contribution in [0, 0.1) is 0 Å². The van der Waals surface area contributed by atoms with E-state index in [0.717, 1.165) is 26.1 Å². The van der Waals surface area contributed by atoms with E-state index in [0.29, 0.717) is 6.10 Å². The third kappa shape index (κ3) is 3.46. The van der Waals surface area contributed by atoms with E-state index in [-0.39, 0.29) is 5.60 Å². The molecule has 0 spiro atoms. The molecule has 0 saturated carbocycles. The minimum Gasteiger partial charge on any atom is -0.373 e. The van der Waals surface area contributed by atoms with Gasteiger partial charge in [-0.1, -0.05) is 46.5 Å². The lowest BCUT2D eigenvalue weighted by molar-refractivity contribution is -0.209. The van der Waals surface area contributed by atoms with Gasteiger partial charge in [-0.2, -0.15) is 0 Å². The van der Waals surface area contributed by atoms with Gasteiger partial charge in [0.2, 0.25) is 0 Å². The third-order valence-corrected chi connectivity index (χ3v) is 3.80. The molecule has 0 aliphatic carbocycles. The van der Waals surface area contributed by atoms with Crippen molar-refractivity contribution in [2.24, 2.45) is 0 Å². The molecule has 1 saturated heterocycles. The molecule has 0 N–H and O–H groups in total. The Morgan fingerprint density at radius 1 is 1.06 bits per heavy atom. The van der Waals surface area contributed by atoms with Crippen LogP contribution in [0.15, 0.2) is 0 Å². The molecule has 0 radical (unpaired) electrons. The van der Waals surface area contributed by atoms with Gasteiger partial charge in [0.25, 0.3) is 0 Å². The van der Waals surface area contributed by atoms with Crippen molar-refractivity contribution in [2.75, 3.05) is 13.2 Å². The van der Waals surface area contributed by atoms with Crippen molar-refractivity contribution in [1.29, 1.82) is 0 Å². The standard InChI is InChI=1S/C14H28O2/c1-4-7-8-9-10-14(6-3)13(5-2)15-11-12-16-14/h13H,4-12H2,1-3H3. The van der Waals surface area contributed by atoms with Crippen LogP contribution in [0.1, 0.15) is 65.7 Å². The van der Waals surface area contributed by atoms with Gasteiger partial charge < -0.3 is 9.47 Å². The van der Waals surface area contributed by atoms with Gasteiger partial charge in [-0.15, -0.1) is 0 Å². The van der Waals surface area contributed by atoms with Gasteiger partial charge in [0.05, 0.1) is 24.9 Å². The van der Waals surface area contributed by atoms with Gasteiger partial charge in [-0.3, -0.25) is 0 Å². The van der Waals surface area contributed by atoms with Crippen LogP contribution in [0.5, 0.6) is 0 Å². The summed E-state index contributed by atoms with van der Waals surface area (Å²) in [5, 5.41) is 0. The molecule has 1 aliphatic heterocycles. The summed E-state index contributed by atoms with van der Waals surface area (Å²) in [7, 11) is 0. The van der Waals surface area contributed by atoms with Gasteiger partial charge >= 0.3 is 0 Å². The van der Waals surface area contributed by atoms with Gasteiger partial charge in [0.15, 0.2) is 0 Å². The van der Waals surface area contributed by atoms with E-state index in [1.807, 2.05) is 0 Å². The monoisotopic (exact) mass is 228 g/mol. The van der Waals surface area contributed by atoms with Crippen LogP contribution >= 0.6 is 0 Å². The highest BCUT2D eigenvalue weighted by Gasteiger charge is 2.39. The van der Waals surface area contributed by atoms with E-state index < -0.39 is 0 Å². The SMILES string of the molecule is CCCCCCC1(CC)OCCOC1CC. The fourth-order valence-corrected chi connectivity index (χ4v) is 2.76. The second-order valence-corrected chi connectivity index (χ2v) is 4.85. The molecule has 1 heterocycles. The average molecular weight is 228 g/mol. The molecular weight excluding hydrogens is 200 g/mol. The molecule has 0 aromatic heterocycles. The van der Waals surface area contributed by atoms with E-state index >= 15 is 0 Å². The molecule has 0 amide bonds. The molecule has 0 bridgehead atoms. The zero-order chi connectivity index (χ0) is 11.9. The molecule has 1 aliphatic rings. The number of unbranched alkanes of at least 4 members (excludes halogenated alkanes) is 3. The largest absolute Gasteiger partial charge is 0.373 e. The molecule has 2 nitrogen and oxygen atoms in total. The van der Waals surface area contributed by atoms with Crippen LogP contribution in [-0.4, -0.2) is 24.9 Å². The van der Waals surface area contributed by atoms with Crippen LogP contribution in [0.25, 0.3) is 0 Å². The summed E-state index contributed by atoms with van der Waals surface area (Å²) in [6, 6.07) is 0. The maximum Gasteiger partial charge on any atom is 0.0941 e. The predicted molar refractivity (Wildman–Crippen MR) is 67.8 cm³/mol. The Bertz CT molecular complexity index is 182. The Morgan fingerprint density at radius 3 is 2.50 bits per heavy atom. The van der Waals surface area contributed by atoms with Gasteiger partial charge in [-0.05, 0) is 19.3 Å². The van der Waals surface area contributed by atoms with Crippen LogP contribution in [-0.2, 0) is 9.47 Å². The maximum atomic E-state index is 6.07. The molecule has 96 valence electrons. The first-order valence-electron chi connectivity index (χ1n) is 7.04. The molecule has 2 heteroatoms. The minimum atomic E-state index is 0.0146. The van der Waals surface area contributed by atoms with Crippen molar-refractivity contribution in [2.45, 2.75) is 77.4 Å². The predicted octanol–water partition coefficient (Wildman–Crippen LogP) is 3.93. The second kappa shape index (κ2) is 7.29. The molecule has 1 fully saturated rings. The molecule has 1 rings (SSSR count). The highest BCUT2D eigenvalue weighted by molar-refractivity contribution is 4.90. The van der Waals surface area contributed by atoms with Crippen molar-refractivity contribution >= 4 is 0 Å². The van der Waals surface area contributed by atoms with E-state index in [1.165, 1.54) is 32.1 Å². The first-order valence-corrected chi connectivity index (χ1v) is 7.04. The zero-order valence-electron chi connectivity index (χ0n) is 11.3. The van der Waals surface area contributed by atoms with E-state index in [2.05, 4.69) is 20.8 Å². The smallest absolute Gasteiger partial charge is 0.0941 e. The van der Waals surface area contributed by atoms with Gasteiger partial charge in [0.1, 0.15) is 0 Å². The lowest BCUT2D eigenvalue weighted by Crippen LogP contribution is -2.50. The Kier molecular flexibility index (Phi) is 6.37. The van der Waals surface area contributed by atoms with Crippen molar-refractivity contribution in [3.05, 3.63) is 0 Å². The first kappa shape index (κ1) is 14.0. The van der Waals surface area contributed by atoms with Gasteiger partial charge in [0, 0.05) is 0 Å². The first-order chi connectivity index (χ1) is 7.79. The summed E-state index contributed by atoms with van der Waals surface area (Å²) in [6.07, 6.45) is 8.89. The normalized spacial score (nSPS) is 30.6. The third-order valence-electron chi connectivity index (χ3n) is 3.80. The fraction of sp³-hybridized carbons (Fsp3) is 1.00. The van der Waals surface area contributed by atoms with Crippen LogP contribution in [0.2, 0.25) is 0 Å². The Labute approximate surface area is 101 Å².